The average molecular weight is 415 g/mol. The van der Waals surface area contributed by atoms with E-state index in [2.05, 4.69) is 20.9 Å². The van der Waals surface area contributed by atoms with Gasteiger partial charge >= 0.3 is 0 Å². The van der Waals surface area contributed by atoms with Crippen molar-refractivity contribution in [3.63, 3.8) is 0 Å². The highest BCUT2D eigenvalue weighted by Gasteiger charge is 2.28. The molecule has 1 aromatic carbocycles. The summed E-state index contributed by atoms with van der Waals surface area (Å²) in [4.78, 5) is 16.0. The second kappa shape index (κ2) is 10.3. The molecule has 0 bridgehead atoms. The second-order valence-electron chi connectivity index (χ2n) is 6.68. The highest BCUT2D eigenvalue weighted by atomic mass is 32.2. The highest BCUT2D eigenvalue weighted by molar-refractivity contribution is 7.91. The first-order valence-electron chi connectivity index (χ1n) is 9.14. The first-order chi connectivity index (χ1) is 13.3. The van der Waals surface area contributed by atoms with Crippen LogP contribution in [0, 0.1) is 5.82 Å². The van der Waals surface area contributed by atoms with Gasteiger partial charge in [-0.05, 0) is 37.6 Å². The molecule has 0 aliphatic carbocycles. The number of carbonyl (C=O) groups excluding carboxylic acids is 1. The van der Waals surface area contributed by atoms with Gasteiger partial charge in [0.2, 0.25) is 5.91 Å². The fourth-order valence-electron chi connectivity index (χ4n) is 2.75. The standard InChI is InChI=1S/C18H27FN4O4S/c1-13(27-16-5-3-14(19)4-6-16)11-22-18(20-2)21-9-7-17(24)23-15-8-10-28(25,26)12-15/h3-6,13,15H,7-12H2,1-2H3,(H,23,24)(H2,20,21,22). The van der Waals surface area contributed by atoms with Crippen LogP contribution < -0.4 is 20.7 Å². The van der Waals surface area contributed by atoms with Crippen molar-refractivity contribution in [2.24, 2.45) is 4.99 Å². The lowest BCUT2D eigenvalue weighted by atomic mass is 10.2. The Kier molecular flexibility index (Phi) is 8.04. The van der Waals surface area contributed by atoms with E-state index in [0.29, 0.717) is 31.2 Å². The Morgan fingerprint density at radius 3 is 2.64 bits per heavy atom. The summed E-state index contributed by atoms with van der Waals surface area (Å²) in [5.74, 6) is 0.723. The summed E-state index contributed by atoms with van der Waals surface area (Å²) < 4.78 is 41.4. The molecule has 1 amide bonds. The van der Waals surface area contributed by atoms with Gasteiger partial charge in [0.25, 0.3) is 0 Å². The highest BCUT2D eigenvalue weighted by Crippen LogP contribution is 2.13. The van der Waals surface area contributed by atoms with Gasteiger partial charge in [-0.3, -0.25) is 9.79 Å². The van der Waals surface area contributed by atoms with Crippen molar-refractivity contribution in [2.45, 2.75) is 31.9 Å². The zero-order chi connectivity index (χ0) is 20.6. The number of rotatable bonds is 8. The minimum Gasteiger partial charge on any atom is -0.489 e. The van der Waals surface area contributed by atoms with E-state index in [9.17, 15) is 17.6 Å². The summed E-state index contributed by atoms with van der Waals surface area (Å²) in [6, 6.07) is 5.50. The smallest absolute Gasteiger partial charge is 0.222 e. The first kappa shape index (κ1) is 21.9. The number of carbonyl (C=O) groups is 1. The number of guanidine groups is 1. The van der Waals surface area contributed by atoms with E-state index in [4.69, 9.17) is 4.74 Å². The summed E-state index contributed by atoms with van der Waals surface area (Å²) in [6.07, 6.45) is 0.492. The van der Waals surface area contributed by atoms with E-state index in [-0.39, 0.29) is 41.8 Å². The summed E-state index contributed by atoms with van der Waals surface area (Å²) in [7, 11) is -1.39. The van der Waals surface area contributed by atoms with Crippen LogP contribution >= 0.6 is 0 Å². The molecule has 1 fully saturated rings. The van der Waals surface area contributed by atoms with Crippen LogP contribution in [0.15, 0.2) is 29.3 Å². The number of benzene rings is 1. The van der Waals surface area contributed by atoms with Gasteiger partial charge in [0, 0.05) is 26.1 Å². The predicted molar refractivity (Wildman–Crippen MR) is 106 cm³/mol. The molecule has 2 atom stereocenters. The third-order valence-corrected chi connectivity index (χ3v) is 5.94. The molecule has 156 valence electrons. The van der Waals surface area contributed by atoms with Crippen molar-refractivity contribution in [2.75, 3.05) is 31.6 Å². The zero-order valence-corrected chi connectivity index (χ0v) is 16.9. The van der Waals surface area contributed by atoms with Gasteiger partial charge in [-0.15, -0.1) is 0 Å². The molecule has 3 N–H and O–H groups in total. The molecule has 2 unspecified atom stereocenters. The van der Waals surface area contributed by atoms with Crippen LogP contribution in [-0.2, 0) is 14.6 Å². The number of aliphatic imine (C=N–C) groups is 1. The Morgan fingerprint density at radius 1 is 1.32 bits per heavy atom. The SMILES string of the molecule is CN=C(NCCC(=O)NC1CCS(=O)(=O)C1)NCC(C)Oc1ccc(F)cc1. The van der Waals surface area contributed by atoms with Crippen LogP contribution in [0.2, 0.25) is 0 Å². The third-order valence-electron chi connectivity index (χ3n) is 4.17. The molecule has 0 radical (unpaired) electrons. The number of ether oxygens (including phenoxy) is 1. The van der Waals surface area contributed by atoms with Crippen LogP contribution in [0.4, 0.5) is 4.39 Å². The molecule has 1 aromatic rings. The quantitative estimate of drug-likeness (QED) is 0.421. The summed E-state index contributed by atoms with van der Waals surface area (Å²) in [5.41, 5.74) is 0. The van der Waals surface area contributed by atoms with Gasteiger partial charge in [0.1, 0.15) is 17.7 Å². The van der Waals surface area contributed by atoms with E-state index >= 15 is 0 Å². The van der Waals surface area contributed by atoms with Crippen LogP contribution in [0.5, 0.6) is 5.75 Å². The van der Waals surface area contributed by atoms with Crippen LogP contribution in [-0.4, -0.2) is 64.1 Å². The Hall–Kier alpha value is -2.36. The molecule has 1 aliphatic heterocycles. The van der Waals surface area contributed by atoms with E-state index in [0.717, 1.165) is 0 Å². The van der Waals surface area contributed by atoms with Crippen LogP contribution in [0.25, 0.3) is 0 Å². The largest absolute Gasteiger partial charge is 0.489 e. The topological polar surface area (TPSA) is 109 Å². The number of hydrogen-bond donors (Lipinski definition) is 3. The van der Waals surface area contributed by atoms with Crippen molar-refractivity contribution in [1.29, 1.82) is 0 Å². The number of hydrogen-bond acceptors (Lipinski definition) is 5. The summed E-state index contributed by atoms with van der Waals surface area (Å²) >= 11 is 0. The number of amides is 1. The van der Waals surface area contributed by atoms with Gasteiger partial charge in [0.05, 0.1) is 18.1 Å². The number of halogens is 1. The molecule has 1 aliphatic rings. The van der Waals surface area contributed by atoms with E-state index in [1.807, 2.05) is 6.92 Å². The van der Waals surface area contributed by atoms with Gasteiger partial charge in [-0.25, -0.2) is 12.8 Å². The normalized spacial score (nSPS) is 19.7. The van der Waals surface area contributed by atoms with E-state index in [1.54, 1.807) is 19.2 Å². The maximum Gasteiger partial charge on any atom is 0.222 e. The van der Waals surface area contributed by atoms with Crippen LogP contribution in [0.1, 0.15) is 19.8 Å². The molecule has 10 heteroatoms. The van der Waals surface area contributed by atoms with Gasteiger partial charge in [-0.1, -0.05) is 0 Å². The van der Waals surface area contributed by atoms with Gasteiger partial charge in [0.15, 0.2) is 15.8 Å². The second-order valence-corrected chi connectivity index (χ2v) is 8.91. The fourth-order valence-corrected chi connectivity index (χ4v) is 4.42. The van der Waals surface area contributed by atoms with Crippen molar-refractivity contribution in [3.8, 4) is 5.75 Å². The lowest BCUT2D eigenvalue weighted by Gasteiger charge is -2.18. The monoisotopic (exact) mass is 414 g/mol. The van der Waals surface area contributed by atoms with Crippen molar-refractivity contribution >= 4 is 21.7 Å². The predicted octanol–water partition coefficient (Wildman–Crippen LogP) is 0.451. The molecular weight excluding hydrogens is 387 g/mol. The van der Waals surface area contributed by atoms with Crippen molar-refractivity contribution < 1.29 is 22.3 Å². The first-order valence-corrected chi connectivity index (χ1v) is 11.0. The molecule has 0 spiro atoms. The minimum atomic E-state index is -3.01. The third kappa shape index (κ3) is 7.71. The Bertz CT molecular complexity index is 783. The molecule has 0 aromatic heterocycles. The number of sulfone groups is 1. The zero-order valence-electron chi connectivity index (χ0n) is 16.1. The lowest BCUT2D eigenvalue weighted by Crippen LogP contribution is -2.43. The van der Waals surface area contributed by atoms with Crippen LogP contribution in [0.3, 0.4) is 0 Å². The molecule has 2 rings (SSSR count). The maximum atomic E-state index is 12.9. The van der Waals surface area contributed by atoms with E-state index < -0.39 is 9.84 Å². The van der Waals surface area contributed by atoms with Gasteiger partial charge in [-0.2, -0.15) is 0 Å². The summed E-state index contributed by atoms with van der Waals surface area (Å²) in [6.45, 7) is 2.69. The molecular formula is C18H27FN4O4S. The summed E-state index contributed by atoms with van der Waals surface area (Å²) in [5, 5.41) is 8.85. The van der Waals surface area contributed by atoms with Gasteiger partial charge < -0.3 is 20.7 Å². The van der Waals surface area contributed by atoms with E-state index in [1.165, 1.54) is 12.1 Å². The lowest BCUT2D eigenvalue weighted by molar-refractivity contribution is -0.121. The minimum absolute atomic E-state index is 0.0152. The Labute approximate surface area is 164 Å². The average Bonchev–Trinajstić information content (AvgIpc) is 2.98. The molecule has 28 heavy (non-hydrogen) atoms. The Morgan fingerprint density at radius 2 is 2.04 bits per heavy atom. The maximum absolute atomic E-state index is 12.9. The van der Waals surface area contributed by atoms with Crippen molar-refractivity contribution in [3.05, 3.63) is 30.1 Å². The van der Waals surface area contributed by atoms with Crippen molar-refractivity contribution in [1.82, 2.24) is 16.0 Å². The molecule has 1 saturated heterocycles. The number of nitrogens with zero attached hydrogens (tertiary/aromatic N) is 1. The molecule has 1 heterocycles. The molecule has 8 nitrogen and oxygen atoms in total. The Balaban J connectivity index is 1.64. The number of nitrogens with one attached hydrogen (secondary N) is 3. The molecule has 0 saturated carbocycles. The fraction of sp³-hybridized carbons (Fsp3) is 0.556.